The van der Waals surface area contributed by atoms with E-state index >= 15 is 0 Å². The van der Waals surface area contributed by atoms with E-state index in [1.165, 1.54) is 4.90 Å². The molecule has 1 heterocycles. The Labute approximate surface area is 65.8 Å². The lowest BCUT2D eigenvalue weighted by Crippen LogP contribution is -2.34. The molecule has 4 heteroatoms. The van der Waals surface area contributed by atoms with Crippen molar-refractivity contribution in [3.05, 3.63) is 7.05 Å². The van der Waals surface area contributed by atoms with E-state index in [2.05, 4.69) is 7.05 Å². The molecule has 11 heavy (non-hydrogen) atoms. The molecule has 1 fully saturated rings. The average molecular weight is 155 g/mol. The zero-order valence-electron chi connectivity index (χ0n) is 6.70. The fourth-order valence-electron chi connectivity index (χ4n) is 0.964. The summed E-state index contributed by atoms with van der Waals surface area (Å²) in [6, 6.07) is -0.233. The van der Waals surface area contributed by atoms with Crippen LogP contribution >= 0.6 is 0 Å². The summed E-state index contributed by atoms with van der Waals surface area (Å²) >= 11 is 0. The molecule has 61 valence electrons. The van der Waals surface area contributed by atoms with Gasteiger partial charge in [0.05, 0.1) is 0 Å². The number of hydrogen-bond donors (Lipinski definition) is 0. The Morgan fingerprint density at radius 3 is 2.18 bits per heavy atom. The molecule has 0 bridgehead atoms. The van der Waals surface area contributed by atoms with Crippen molar-refractivity contribution < 1.29 is 9.59 Å². The zero-order chi connectivity index (χ0) is 8.59. The lowest BCUT2D eigenvalue weighted by molar-refractivity contribution is -0.123. The number of hydrogen-bond acceptors (Lipinski definition) is 2. The molecule has 1 aliphatic heterocycles. The van der Waals surface area contributed by atoms with Gasteiger partial charge in [0, 0.05) is 13.1 Å². The van der Waals surface area contributed by atoms with E-state index in [-0.39, 0.29) is 24.5 Å². The van der Waals surface area contributed by atoms with Crippen LogP contribution < -0.4 is 0 Å². The minimum Gasteiger partial charge on any atom is -0.313 e. The number of rotatable bonds is 1. The Morgan fingerprint density at radius 1 is 1.45 bits per heavy atom. The van der Waals surface area contributed by atoms with Crippen molar-refractivity contribution >= 4 is 11.9 Å². The van der Waals surface area contributed by atoms with Gasteiger partial charge < -0.3 is 4.90 Å². The summed E-state index contributed by atoms with van der Waals surface area (Å²) in [5.41, 5.74) is 0. The summed E-state index contributed by atoms with van der Waals surface area (Å²) in [6.45, 7) is 3.90. The SMILES string of the molecule is [CH2]N1C(=O)CN(C(C)C)C1=O. The highest BCUT2D eigenvalue weighted by Gasteiger charge is 2.34. The third kappa shape index (κ3) is 1.20. The van der Waals surface area contributed by atoms with E-state index in [0.29, 0.717) is 0 Å². The first-order chi connectivity index (χ1) is 5.04. The maximum Gasteiger partial charge on any atom is 0.327 e. The standard InChI is InChI=1S/C7H11N2O2/c1-5(2)9-4-6(10)8(3)7(9)11/h5H,3-4H2,1-2H3. The van der Waals surface area contributed by atoms with Crippen molar-refractivity contribution in [1.29, 1.82) is 0 Å². The summed E-state index contributed by atoms with van der Waals surface area (Å²) < 4.78 is 0. The van der Waals surface area contributed by atoms with Crippen molar-refractivity contribution in [3.8, 4) is 0 Å². The highest BCUT2D eigenvalue weighted by Crippen LogP contribution is 2.11. The van der Waals surface area contributed by atoms with Gasteiger partial charge in [-0.25, -0.2) is 4.79 Å². The number of carbonyl (C=O) groups excluding carboxylic acids is 2. The fraction of sp³-hybridized carbons (Fsp3) is 0.571. The van der Waals surface area contributed by atoms with Gasteiger partial charge in [-0.15, -0.1) is 0 Å². The minimum atomic E-state index is -0.301. The van der Waals surface area contributed by atoms with Gasteiger partial charge in [-0.3, -0.25) is 9.69 Å². The van der Waals surface area contributed by atoms with Crippen molar-refractivity contribution in [3.63, 3.8) is 0 Å². The Morgan fingerprint density at radius 2 is 2.00 bits per heavy atom. The molecule has 3 amide bonds. The highest BCUT2D eigenvalue weighted by atomic mass is 16.2. The lowest BCUT2D eigenvalue weighted by atomic mass is 10.3. The van der Waals surface area contributed by atoms with Crippen LogP contribution in [0.15, 0.2) is 0 Å². The van der Waals surface area contributed by atoms with Crippen molar-refractivity contribution in [2.24, 2.45) is 0 Å². The largest absolute Gasteiger partial charge is 0.327 e. The molecule has 4 nitrogen and oxygen atoms in total. The maximum atomic E-state index is 11.1. The molecule has 0 saturated carbocycles. The second-order valence-corrected chi connectivity index (χ2v) is 2.83. The summed E-state index contributed by atoms with van der Waals surface area (Å²) in [6.07, 6.45) is 0. The van der Waals surface area contributed by atoms with Crippen molar-refractivity contribution in [1.82, 2.24) is 9.80 Å². The van der Waals surface area contributed by atoms with E-state index in [1.807, 2.05) is 13.8 Å². The number of amides is 3. The van der Waals surface area contributed by atoms with Crippen LogP contribution in [0.3, 0.4) is 0 Å². The van der Waals surface area contributed by atoms with Crippen LogP contribution in [0.1, 0.15) is 13.8 Å². The van der Waals surface area contributed by atoms with Crippen LogP contribution in [0.2, 0.25) is 0 Å². The van der Waals surface area contributed by atoms with Gasteiger partial charge in [-0.1, -0.05) is 0 Å². The molecule has 0 atom stereocenters. The number of nitrogens with zero attached hydrogens (tertiary/aromatic N) is 2. The Kier molecular flexibility index (Phi) is 1.85. The van der Waals surface area contributed by atoms with Gasteiger partial charge in [0.15, 0.2) is 0 Å². The molecule has 0 aromatic rings. The summed E-state index contributed by atoms with van der Waals surface area (Å²) in [7, 11) is 3.32. The molecular formula is C7H11N2O2. The second kappa shape index (κ2) is 2.53. The van der Waals surface area contributed by atoms with Crippen LogP contribution in [0, 0.1) is 7.05 Å². The first-order valence-corrected chi connectivity index (χ1v) is 3.48. The molecule has 0 spiro atoms. The molecule has 1 aliphatic rings. The Balaban J connectivity index is 2.75. The Hall–Kier alpha value is -1.06. The molecule has 1 rings (SSSR count). The molecular weight excluding hydrogens is 144 g/mol. The first kappa shape index (κ1) is 8.04. The quantitative estimate of drug-likeness (QED) is 0.516. The summed E-state index contributed by atoms with van der Waals surface area (Å²) in [5.74, 6) is -0.233. The molecule has 0 aromatic carbocycles. The van der Waals surface area contributed by atoms with E-state index in [0.717, 1.165) is 4.90 Å². The summed E-state index contributed by atoms with van der Waals surface area (Å²) in [4.78, 5) is 24.4. The molecule has 1 saturated heterocycles. The predicted molar refractivity (Wildman–Crippen MR) is 39.4 cm³/mol. The van der Waals surface area contributed by atoms with Crippen LogP contribution in [0.25, 0.3) is 0 Å². The van der Waals surface area contributed by atoms with E-state index < -0.39 is 0 Å². The predicted octanol–water partition coefficient (Wildman–Crippen LogP) is 0.451. The normalized spacial score (nSPS) is 18.9. The summed E-state index contributed by atoms with van der Waals surface area (Å²) in [5, 5.41) is 0. The van der Waals surface area contributed by atoms with Crippen LogP contribution in [-0.4, -0.2) is 34.3 Å². The fourth-order valence-corrected chi connectivity index (χ4v) is 0.964. The van der Waals surface area contributed by atoms with Crippen LogP contribution in [-0.2, 0) is 4.79 Å². The second-order valence-electron chi connectivity index (χ2n) is 2.83. The zero-order valence-corrected chi connectivity index (χ0v) is 6.70. The van der Waals surface area contributed by atoms with E-state index in [9.17, 15) is 9.59 Å². The lowest BCUT2D eigenvalue weighted by Gasteiger charge is -2.18. The third-order valence-electron chi connectivity index (χ3n) is 1.71. The van der Waals surface area contributed by atoms with Gasteiger partial charge in [0.25, 0.3) is 0 Å². The van der Waals surface area contributed by atoms with Gasteiger partial charge >= 0.3 is 6.03 Å². The molecule has 1 radical (unpaired) electrons. The van der Waals surface area contributed by atoms with Crippen LogP contribution in [0.4, 0.5) is 4.79 Å². The van der Waals surface area contributed by atoms with Crippen molar-refractivity contribution in [2.75, 3.05) is 6.54 Å². The van der Waals surface area contributed by atoms with E-state index in [1.54, 1.807) is 0 Å². The van der Waals surface area contributed by atoms with Crippen LogP contribution in [0.5, 0.6) is 0 Å². The molecule has 0 N–H and O–H groups in total. The van der Waals surface area contributed by atoms with Gasteiger partial charge in [0.2, 0.25) is 5.91 Å². The first-order valence-electron chi connectivity index (χ1n) is 3.48. The van der Waals surface area contributed by atoms with Gasteiger partial charge in [0.1, 0.15) is 6.54 Å². The monoisotopic (exact) mass is 155 g/mol. The van der Waals surface area contributed by atoms with Crippen molar-refractivity contribution in [2.45, 2.75) is 19.9 Å². The smallest absolute Gasteiger partial charge is 0.313 e. The number of urea groups is 1. The number of imide groups is 1. The third-order valence-corrected chi connectivity index (χ3v) is 1.71. The van der Waals surface area contributed by atoms with E-state index in [4.69, 9.17) is 0 Å². The molecule has 0 unspecified atom stereocenters. The maximum absolute atomic E-state index is 11.1. The average Bonchev–Trinajstić information content (AvgIpc) is 2.17. The molecule has 0 aliphatic carbocycles. The van der Waals surface area contributed by atoms with Gasteiger partial charge in [-0.05, 0) is 13.8 Å². The minimum absolute atomic E-state index is 0.0678. The molecule has 0 aromatic heterocycles. The Bertz CT molecular complexity index is 201. The topological polar surface area (TPSA) is 40.6 Å². The highest BCUT2D eigenvalue weighted by molar-refractivity contribution is 6.02. The van der Waals surface area contributed by atoms with Gasteiger partial charge in [-0.2, -0.15) is 0 Å². The number of carbonyl (C=O) groups is 2.